The molecule has 3 heteroatoms. The molecule has 13 heavy (non-hydrogen) atoms. The Labute approximate surface area is 79.6 Å². The van der Waals surface area contributed by atoms with E-state index in [1.807, 2.05) is 12.1 Å². The van der Waals surface area contributed by atoms with Crippen LogP contribution in [0.2, 0.25) is 0 Å². The largest absolute Gasteiger partial charge is 0.366 e. The van der Waals surface area contributed by atoms with Gasteiger partial charge in [-0.1, -0.05) is 20.3 Å². The van der Waals surface area contributed by atoms with Gasteiger partial charge in [0.25, 0.3) is 0 Å². The second-order valence-corrected chi connectivity index (χ2v) is 3.43. The molecule has 1 rings (SSSR count). The molecule has 1 aromatic rings. The molecule has 0 aromatic carbocycles. The molecule has 0 saturated heterocycles. The van der Waals surface area contributed by atoms with Crippen LogP contribution in [0, 0.1) is 5.92 Å². The van der Waals surface area contributed by atoms with Gasteiger partial charge in [-0.25, -0.2) is 0 Å². The topological polar surface area (TPSA) is 37.8 Å². The average Bonchev–Trinajstić information content (AvgIpc) is 2.18. The maximum Gasteiger partial charge on any atom is 0.148 e. The van der Waals surface area contributed by atoms with Crippen molar-refractivity contribution in [2.45, 2.75) is 33.2 Å². The molecule has 0 aliphatic carbocycles. The maximum absolute atomic E-state index is 3.97. The number of anilines is 1. The first kappa shape index (κ1) is 9.96. The first-order chi connectivity index (χ1) is 6.24. The van der Waals surface area contributed by atoms with Gasteiger partial charge in [-0.3, -0.25) is 0 Å². The first-order valence-corrected chi connectivity index (χ1v) is 4.78. The lowest BCUT2D eigenvalue weighted by Gasteiger charge is -2.19. The van der Waals surface area contributed by atoms with E-state index in [0.29, 0.717) is 12.0 Å². The molecule has 72 valence electrons. The van der Waals surface area contributed by atoms with Crippen molar-refractivity contribution >= 4 is 5.82 Å². The monoisotopic (exact) mass is 179 g/mol. The SMILES string of the molecule is CCC(C)C(C)Nc1cccnn1. The van der Waals surface area contributed by atoms with Crippen molar-refractivity contribution in [2.75, 3.05) is 5.32 Å². The van der Waals surface area contributed by atoms with Crippen LogP contribution < -0.4 is 5.32 Å². The minimum absolute atomic E-state index is 0.446. The van der Waals surface area contributed by atoms with Crippen molar-refractivity contribution < 1.29 is 0 Å². The summed E-state index contributed by atoms with van der Waals surface area (Å²) in [6.07, 6.45) is 2.85. The predicted octanol–water partition coefficient (Wildman–Crippen LogP) is 2.32. The summed E-state index contributed by atoms with van der Waals surface area (Å²) < 4.78 is 0. The van der Waals surface area contributed by atoms with E-state index < -0.39 is 0 Å². The standard InChI is InChI=1S/C10H17N3/c1-4-8(2)9(3)12-10-6-5-7-11-13-10/h5-9H,4H2,1-3H3,(H,12,13). The highest BCUT2D eigenvalue weighted by Crippen LogP contribution is 2.11. The van der Waals surface area contributed by atoms with Crippen molar-refractivity contribution in [3.63, 3.8) is 0 Å². The normalized spacial score (nSPS) is 15.0. The molecule has 1 aromatic heterocycles. The van der Waals surface area contributed by atoms with Crippen molar-refractivity contribution in [3.8, 4) is 0 Å². The van der Waals surface area contributed by atoms with Crippen LogP contribution in [0.4, 0.5) is 5.82 Å². The molecule has 0 spiro atoms. The smallest absolute Gasteiger partial charge is 0.148 e. The van der Waals surface area contributed by atoms with Crippen LogP contribution in [-0.4, -0.2) is 16.2 Å². The molecule has 0 saturated carbocycles. The second kappa shape index (κ2) is 4.80. The Morgan fingerprint density at radius 3 is 2.77 bits per heavy atom. The Morgan fingerprint density at radius 2 is 2.23 bits per heavy atom. The molecule has 0 aliphatic rings. The summed E-state index contributed by atoms with van der Waals surface area (Å²) in [4.78, 5) is 0. The predicted molar refractivity (Wildman–Crippen MR) is 54.6 cm³/mol. The second-order valence-electron chi connectivity index (χ2n) is 3.43. The van der Waals surface area contributed by atoms with E-state index in [9.17, 15) is 0 Å². The van der Waals surface area contributed by atoms with Crippen LogP contribution in [0.25, 0.3) is 0 Å². The van der Waals surface area contributed by atoms with Crippen LogP contribution in [0.15, 0.2) is 18.3 Å². The molecular weight excluding hydrogens is 162 g/mol. The summed E-state index contributed by atoms with van der Waals surface area (Å²) >= 11 is 0. The highest BCUT2D eigenvalue weighted by atomic mass is 15.2. The first-order valence-electron chi connectivity index (χ1n) is 4.78. The molecule has 0 fully saturated rings. The van der Waals surface area contributed by atoms with Crippen LogP contribution in [0.1, 0.15) is 27.2 Å². The molecule has 2 unspecified atom stereocenters. The molecule has 0 aliphatic heterocycles. The van der Waals surface area contributed by atoms with Crippen molar-refractivity contribution in [1.82, 2.24) is 10.2 Å². The minimum Gasteiger partial charge on any atom is -0.366 e. The fourth-order valence-corrected chi connectivity index (χ4v) is 1.11. The Balaban J connectivity index is 2.50. The van der Waals surface area contributed by atoms with E-state index in [1.54, 1.807) is 6.20 Å². The summed E-state index contributed by atoms with van der Waals surface area (Å²) in [7, 11) is 0. The molecule has 0 bridgehead atoms. The number of nitrogens with one attached hydrogen (secondary N) is 1. The number of hydrogen-bond acceptors (Lipinski definition) is 3. The molecule has 0 amide bonds. The zero-order valence-electron chi connectivity index (χ0n) is 8.49. The van der Waals surface area contributed by atoms with Gasteiger partial charge in [0.15, 0.2) is 0 Å². The summed E-state index contributed by atoms with van der Waals surface area (Å²) in [5, 5.41) is 11.1. The van der Waals surface area contributed by atoms with Crippen molar-refractivity contribution in [1.29, 1.82) is 0 Å². The lowest BCUT2D eigenvalue weighted by Crippen LogP contribution is -2.23. The summed E-state index contributed by atoms with van der Waals surface area (Å²) in [5.41, 5.74) is 0. The fraction of sp³-hybridized carbons (Fsp3) is 0.600. The third-order valence-corrected chi connectivity index (χ3v) is 2.45. The van der Waals surface area contributed by atoms with Crippen LogP contribution in [-0.2, 0) is 0 Å². The lowest BCUT2D eigenvalue weighted by molar-refractivity contribution is 0.493. The summed E-state index contributed by atoms with van der Waals surface area (Å²) in [5.74, 6) is 1.51. The van der Waals surface area contributed by atoms with E-state index in [1.165, 1.54) is 6.42 Å². The Bertz CT molecular complexity index is 235. The Kier molecular flexibility index (Phi) is 3.68. The van der Waals surface area contributed by atoms with Crippen molar-refractivity contribution in [2.24, 2.45) is 5.92 Å². The molecule has 1 N–H and O–H groups in total. The number of nitrogens with zero attached hydrogens (tertiary/aromatic N) is 2. The lowest BCUT2D eigenvalue weighted by atomic mass is 10.0. The zero-order valence-corrected chi connectivity index (χ0v) is 8.49. The van der Waals surface area contributed by atoms with Gasteiger partial charge in [0.05, 0.1) is 0 Å². The van der Waals surface area contributed by atoms with Crippen LogP contribution in [0.3, 0.4) is 0 Å². The van der Waals surface area contributed by atoms with E-state index in [0.717, 1.165) is 5.82 Å². The highest BCUT2D eigenvalue weighted by Gasteiger charge is 2.09. The van der Waals surface area contributed by atoms with Crippen LogP contribution >= 0.6 is 0 Å². The van der Waals surface area contributed by atoms with E-state index in [-0.39, 0.29) is 0 Å². The number of aromatic nitrogens is 2. The quantitative estimate of drug-likeness (QED) is 0.770. The van der Waals surface area contributed by atoms with E-state index in [4.69, 9.17) is 0 Å². The molecule has 0 radical (unpaired) electrons. The van der Waals surface area contributed by atoms with Gasteiger partial charge in [-0.2, -0.15) is 5.10 Å². The summed E-state index contributed by atoms with van der Waals surface area (Å²) in [6.45, 7) is 6.59. The van der Waals surface area contributed by atoms with Gasteiger partial charge in [0, 0.05) is 12.2 Å². The zero-order chi connectivity index (χ0) is 9.68. The van der Waals surface area contributed by atoms with Gasteiger partial charge in [-0.05, 0) is 25.0 Å². The Morgan fingerprint density at radius 1 is 1.46 bits per heavy atom. The van der Waals surface area contributed by atoms with Gasteiger partial charge in [0.2, 0.25) is 0 Å². The molecule has 3 nitrogen and oxygen atoms in total. The van der Waals surface area contributed by atoms with Crippen LogP contribution in [0.5, 0.6) is 0 Å². The van der Waals surface area contributed by atoms with E-state index in [2.05, 4.69) is 36.3 Å². The van der Waals surface area contributed by atoms with Gasteiger partial charge in [-0.15, -0.1) is 5.10 Å². The average molecular weight is 179 g/mol. The molecular formula is C10H17N3. The van der Waals surface area contributed by atoms with Gasteiger partial charge in [0.1, 0.15) is 5.82 Å². The summed E-state index contributed by atoms with van der Waals surface area (Å²) in [6, 6.07) is 4.27. The fourth-order valence-electron chi connectivity index (χ4n) is 1.11. The number of hydrogen-bond donors (Lipinski definition) is 1. The minimum atomic E-state index is 0.446. The molecule has 1 heterocycles. The highest BCUT2D eigenvalue weighted by molar-refractivity contribution is 5.32. The maximum atomic E-state index is 3.97. The third kappa shape index (κ3) is 3.01. The van der Waals surface area contributed by atoms with Gasteiger partial charge >= 0.3 is 0 Å². The van der Waals surface area contributed by atoms with Crippen molar-refractivity contribution in [3.05, 3.63) is 18.3 Å². The third-order valence-electron chi connectivity index (χ3n) is 2.45. The Hall–Kier alpha value is -1.12. The van der Waals surface area contributed by atoms with E-state index >= 15 is 0 Å². The van der Waals surface area contributed by atoms with Gasteiger partial charge < -0.3 is 5.32 Å². The number of rotatable bonds is 4. The molecule has 2 atom stereocenters.